The van der Waals surface area contributed by atoms with Crippen molar-refractivity contribution in [2.45, 2.75) is 64.6 Å². The van der Waals surface area contributed by atoms with E-state index in [-0.39, 0.29) is 18.3 Å². The summed E-state index contributed by atoms with van der Waals surface area (Å²) in [6.45, 7) is 7.92. The summed E-state index contributed by atoms with van der Waals surface area (Å²) in [4.78, 5) is 2.58. The lowest BCUT2D eigenvalue weighted by molar-refractivity contribution is -0.0232. The van der Waals surface area contributed by atoms with Gasteiger partial charge in [-0.3, -0.25) is 0 Å². The zero-order chi connectivity index (χ0) is 21.1. The largest absolute Gasteiger partial charge is 0.488 e. The highest BCUT2D eigenvalue weighted by molar-refractivity contribution is 5.47. The predicted molar refractivity (Wildman–Crippen MR) is 114 cm³/mol. The first-order chi connectivity index (χ1) is 14.6. The third-order valence-electron chi connectivity index (χ3n) is 7.62. The van der Waals surface area contributed by atoms with Crippen LogP contribution in [-0.4, -0.2) is 48.6 Å². The molecule has 1 aromatic rings. The van der Waals surface area contributed by atoms with Gasteiger partial charge >= 0.3 is 0 Å². The average Bonchev–Trinajstić information content (AvgIpc) is 3.37. The standard InChI is InChI=1S/C24H34N2O4/c1-3-24(4-2,8-5-9-25)15-26-13-17-10-20(27)22(11-18(17)14-26)30-19-6-7-21-23(12-19)29-16-28-21/h6-7,12,17-18,20,22,27H,3-5,8,10-11,13-16H2,1-2H3/t17-,18+,20+,22+/m0/s1. The number of aliphatic hydroxyl groups is 1. The van der Waals surface area contributed by atoms with E-state index in [1.807, 2.05) is 18.2 Å². The molecule has 6 heteroatoms. The second-order valence-corrected chi connectivity index (χ2v) is 9.29. The molecular formula is C24H34N2O4. The van der Waals surface area contributed by atoms with Gasteiger partial charge in [0.25, 0.3) is 0 Å². The first-order valence-corrected chi connectivity index (χ1v) is 11.4. The molecule has 6 nitrogen and oxygen atoms in total. The first kappa shape index (κ1) is 21.3. The van der Waals surface area contributed by atoms with Crippen molar-refractivity contribution in [3.8, 4) is 23.3 Å². The monoisotopic (exact) mass is 414 g/mol. The Morgan fingerprint density at radius 2 is 1.90 bits per heavy atom. The smallest absolute Gasteiger partial charge is 0.231 e. The Labute approximate surface area is 179 Å². The Morgan fingerprint density at radius 1 is 1.17 bits per heavy atom. The average molecular weight is 415 g/mol. The van der Waals surface area contributed by atoms with Crippen LogP contribution >= 0.6 is 0 Å². The summed E-state index contributed by atoms with van der Waals surface area (Å²) in [5.74, 6) is 3.25. The van der Waals surface area contributed by atoms with Crippen LogP contribution in [0.15, 0.2) is 18.2 Å². The van der Waals surface area contributed by atoms with Gasteiger partial charge in [-0.2, -0.15) is 5.26 Å². The SMILES string of the molecule is CCC(CC)(CCC#N)CN1C[C@H]2C[C@@H](Oc3ccc4c(c3)OCO4)[C@H](O)C[C@H]2C1. The number of nitriles is 1. The van der Waals surface area contributed by atoms with E-state index in [9.17, 15) is 5.11 Å². The molecule has 1 aromatic carbocycles. The summed E-state index contributed by atoms with van der Waals surface area (Å²) >= 11 is 0. The second-order valence-electron chi connectivity index (χ2n) is 9.29. The van der Waals surface area contributed by atoms with Crippen molar-refractivity contribution in [2.75, 3.05) is 26.4 Å². The second kappa shape index (κ2) is 9.03. The van der Waals surface area contributed by atoms with Gasteiger partial charge in [-0.05, 0) is 61.5 Å². The number of likely N-dealkylation sites (tertiary alicyclic amines) is 1. The number of fused-ring (bicyclic) bond motifs is 2. The van der Waals surface area contributed by atoms with E-state index in [0.29, 0.717) is 24.0 Å². The van der Waals surface area contributed by atoms with Gasteiger partial charge in [0.1, 0.15) is 11.9 Å². The van der Waals surface area contributed by atoms with Crippen molar-refractivity contribution in [2.24, 2.45) is 17.3 Å². The Bertz CT molecular complexity index is 773. The number of benzene rings is 1. The molecule has 0 unspecified atom stereocenters. The van der Waals surface area contributed by atoms with Gasteiger partial charge < -0.3 is 24.2 Å². The molecule has 4 atom stereocenters. The molecule has 1 N–H and O–H groups in total. The van der Waals surface area contributed by atoms with Gasteiger partial charge in [-0.1, -0.05) is 13.8 Å². The van der Waals surface area contributed by atoms with Crippen LogP contribution in [0.5, 0.6) is 17.2 Å². The summed E-state index contributed by atoms with van der Waals surface area (Å²) in [6.07, 6.45) is 4.85. The van der Waals surface area contributed by atoms with Crippen LogP contribution in [0.2, 0.25) is 0 Å². The molecule has 164 valence electrons. The molecule has 0 aromatic heterocycles. The topological polar surface area (TPSA) is 75.0 Å². The minimum Gasteiger partial charge on any atom is -0.488 e. The zero-order valence-electron chi connectivity index (χ0n) is 18.2. The number of hydrogen-bond acceptors (Lipinski definition) is 6. The molecule has 2 heterocycles. The van der Waals surface area contributed by atoms with Crippen molar-refractivity contribution >= 4 is 0 Å². The minimum atomic E-state index is -0.447. The Kier molecular flexibility index (Phi) is 6.40. The van der Waals surface area contributed by atoms with E-state index in [1.165, 1.54) is 0 Å². The molecule has 0 bridgehead atoms. The molecule has 30 heavy (non-hydrogen) atoms. The molecule has 2 aliphatic heterocycles. The lowest BCUT2D eigenvalue weighted by Gasteiger charge is -2.35. The number of hydrogen-bond donors (Lipinski definition) is 1. The van der Waals surface area contributed by atoms with Gasteiger partial charge in [-0.15, -0.1) is 0 Å². The summed E-state index contributed by atoms with van der Waals surface area (Å²) in [6, 6.07) is 7.94. The van der Waals surface area contributed by atoms with E-state index in [4.69, 9.17) is 19.5 Å². The van der Waals surface area contributed by atoms with Crippen molar-refractivity contribution in [1.82, 2.24) is 4.90 Å². The molecular weight excluding hydrogens is 380 g/mol. The number of rotatable bonds is 8. The lowest BCUT2D eigenvalue weighted by Crippen LogP contribution is -2.42. The van der Waals surface area contributed by atoms with Gasteiger partial charge in [0.15, 0.2) is 11.5 Å². The van der Waals surface area contributed by atoms with Gasteiger partial charge in [-0.25, -0.2) is 0 Å². The summed E-state index contributed by atoms with van der Waals surface area (Å²) in [7, 11) is 0. The van der Waals surface area contributed by atoms with Crippen molar-refractivity contribution in [1.29, 1.82) is 5.26 Å². The van der Waals surface area contributed by atoms with E-state index in [1.54, 1.807) is 0 Å². The Hall–Kier alpha value is -1.97. The highest BCUT2D eigenvalue weighted by atomic mass is 16.7. The van der Waals surface area contributed by atoms with Crippen molar-refractivity contribution in [3.05, 3.63) is 18.2 Å². The Balaban J connectivity index is 1.37. The van der Waals surface area contributed by atoms with Crippen LogP contribution < -0.4 is 14.2 Å². The number of ether oxygens (including phenoxy) is 3. The highest BCUT2D eigenvalue weighted by Gasteiger charge is 2.44. The Morgan fingerprint density at radius 3 is 2.63 bits per heavy atom. The summed E-state index contributed by atoms with van der Waals surface area (Å²) in [5, 5.41) is 19.8. The summed E-state index contributed by atoms with van der Waals surface area (Å²) in [5.41, 5.74) is 0.226. The molecule has 4 rings (SSSR count). The molecule has 0 radical (unpaired) electrons. The molecule has 1 saturated heterocycles. The van der Waals surface area contributed by atoms with Crippen LogP contribution in [0, 0.1) is 28.6 Å². The van der Waals surface area contributed by atoms with Crippen LogP contribution in [0.4, 0.5) is 0 Å². The van der Waals surface area contributed by atoms with Gasteiger partial charge in [0, 0.05) is 32.1 Å². The van der Waals surface area contributed by atoms with Crippen LogP contribution in [0.25, 0.3) is 0 Å². The maximum Gasteiger partial charge on any atom is 0.231 e. The lowest BCUT2D eigenvalue weighted by atomic mass is 9.78. The maximum atomic E-state index is 10.8. The van der Waals surface area contributed by atoms with Gasteiger partial charge in [0.05, 0.1) is 12.2 Å². The van der Waals surface area contributed by atoms with E-state index in [2.05, 4.69) is 24.8 Å². The van der Waals surface area contributed by atoms with Gasteiger partial charge in [0.2, 0.25) is 6.79 Å². The highest BCUT2D eigenvalue weighted by Crippen LogP contribution is 2.42. The third-order valence-corrected chi connectivity index (χ3v) is 7.62. The molecule has 1 saturated carbocycles. The van der Waals surface area contributed by atoms with E-state index < -0.39 is 6.10 Å². The van der Waals surface area contributed by atoms with E-state index in [0.717, 1.165) is 63.2 Å². The van der Waals surface area contributed by atoms with Crippen molar-refractivity contribution < 1.29 is 19.3 Å². The van der Waals surface area contributed by atoms with Crippen LogP contribution in [0.1, 0.15) is 52.4 Å². The molecule has 0 spiro atoms. The zero-order valence-corrected chi connectivity index (χ0v) is 18.2. The first-order valence-electron chi connectivity index (χ1n) is 11.4. The quantitative estimate of drug-likeness (QED) is 0.694. The fourth-order valence-electron chi connectivity index (χ4n) is 5.57. The fraction of sp³-hybridized carbons (Fsp3) is 0.708. The molecule has 0 amide bonds. The maximum absolute atomic E-state index is 10.8. The molecule has 3 aliphatic rings. The summed E-state index contributed by atoms with van der Waals surface area (Å²) < 4.78 is 17.0. The fourth-order valence-corrected chi connectivity index (χ4v) is 5.57. The number of nitrogens with zero attached hydrogens (tertiary/aromatic N) is 2. The van der Waals surface area contributed by atoms with E-state index >= 15 is 0 Å². The minimum absolute atomic E-state index is 0.188. The molecule has 2 fully saturated rings. The third kappa shape index (κ3) is 4.38. The normalized spacial score (nSPS) is 28.2. The van der Waals surface area contributed by atoms with Crippen molar-refractivity contribution in [3.63, 3.8) is 0 Å². The predicted octanol–water partition coefficient (Wildman–Crippen LogP) is 3.98. The molecule has 1 aliphatic carbocycles. The van der Waals surface area contributed by atoms with Crippen LogP contribution in [-0.2, 0) is 0 Å². The van der Waals surface area contributed by atoms with Crippen LogP contribution in [0.3, 0.4) is 0 Å². The number of aliphatic hydroxyl groups excluding tert-OH is 1.